The number of benzene rings is 3. The van der Waals surface area contributed by atoms with Gasteiger partial charge in [0.25, 0.3) is 0 Å². The number of rotatable bonds is 7. The van der Waals surface area contributed by atoms with E-state index in [-0.39, 0.29) is 24.2 Å². The summed E-state index contributed by atoms with van der Waals surface area (Å²) in [5.74, 6) is 0.886. The van der Waals surface area contributed by atoms with E-state index in [4.69, 9.17) is 9.47 Å². The number of amides is 1. The van der Waals surface area contributed by atoms with Crippen molar-refractivity contribution in [2.24, 2.45) is 0 Å². The fraction of sp³-hybridized carbons (Fsp3) is 0.269. The molecule has 0 bridgehead atoms. The predicted octanol–water partition coefficient (Wildman–Crippen LogP) is 4.62. The Morgan fingerprint density at radius 2 is 1.81 bits per heavy atom. The van der Waals surface area contributed by atoms with E-state index >= 15 is 0 Å². The molecule has 1 heterocycles. The standard InChI is InChI=1S/C26H27FN2O3/c1-18-3-5-20(6-4-18)16-29-22(17-32-25-13-21(27)9-12-24(25)29)14-26(30)28-15-19-7-10-23(31-2)11-8-19/h3-13,22H,14-17H2,1-2H3,(H,28,30)/t22-/m0/s1. The first-order valence-corrected chi connectivity index (χ1v) is 10.7. The number of methoxy groups -OCH3 is 1. The maximum atomic E-state index is 13.7. The molecule has 32 heavy (non-hydrogen) atoms. The van der Waals surface area contributed by atoms with Crippen LogP contribution in [0.4, 0.5) is 10.1 Å². The van der Waals surface area contributed by atoms with E-state index in [1.807, 2.05) is 31.2 Å². The molecule has 0 radical (unpaired) electrons. The number of hydrogen-bond donors (Lipinski definition) is 1. The molecule has 0 saturated carbocycles. The van der Waals surface area contributed by atoms with Gasteiger partial charge in [0.1, 0.15) is 23.9 Å². The molecule has 3 aromatic carbocycles. The van der Waals surface area contributed by atoms with Crippen molar-refractivity contribution >= 4 is 11.6 Å². The number of hydrogen-bond acceptors (Lipinski definition) is 4. The number of nitrogens with zero attached hydrogens (tertiary/aromatic N) is 1. The van der Waals surface area contributed by atoms with Gasteiger partial charge in [0, 0.05) is 19.2 Å². The summed E-state index contributed by atoms with van der Waals surface area (Å²) in [5, 5.41) is 2.99. The zero-order valence-corrected chi connectivity index (χ0v) is 18.3. The van der Waals surface area contributed by atoms with Crippen LogP contribution in [0.5, 0.6) is 11.5 Å². The van der Waals surface area contributed by atoms with Gasteiger partial charge < -0.3 is 19.7 Å². The van der Waals surface area contributed by atoms with Crippen LogP contribution in [0.15, 0.2) is 66.7 Å². The lowest BCUT2D eigenvalue weighted by Crippen LogP contribution is -2.45. The van der Waals surface area contributed by atoms with Gasteiger partial charge in [-0.2, -0.15) is 0 Å². The molecule has 0 aromatic heterocycles. The molecule has 4 rings (SSSR count). The van der Waals surface area contributed by atoms with Crippen LogP contribution in [0.25, 0.3) is 0 Å². The van der Waals surface area contributed by atoms with Crippen LogP contribution in [-0.2, 0) is 17.9 Å². The van der Waals surface area contributed by atoms with Crippen molar-refractivity contribution in [1.82, 2.24) is 5.32 Å². The average molecular weight is 435 g/mol. The second-order valence-corrected chi connectivity index (χ2v) is 8.02. The van der Waals surface area contributed by atoms with Crippen molar-refractivity contribution in [2.45, 2.75) is 32.5 Å². The van der Waals surface area contributed by atoms with E-state index in [1.54, 1.807) is 13.2 Å². The maximum Gasteiger partial charge on any atom is 0.222 e. The molecule has 1 aliphatic heterocycles. The molecule has 1 atom stereocenters. The number of anilines is 1. The normalized spacial score (nSPS) is 15.0. The number of aryl methyl sites for hydroxylation is 1. The Kier molecular flexibility index (Phi) is 6.59. The number of halogens is 1. The van der Waals surface area contributed by atoms with Crippen molar-refractivity contribution in [2.75, 3.05) is 18.6 Å². The first kappa shape index (κ1) is 21.7. The van der Waals surface area contributed by atoms with Gasteiger partial charge in [-0.3, -0.25) is 4.79 Å². The molecule has 1 amide bonds. The number of carbonyl (C=O) groups is 1. The fourth-order valence-corrected chi connectivity index (χ4v) is 3.82. The monoisotopic (exact) mass is 434 g/mol. The summed E-state index contributed by atoms with van der Waals surface area (Å²) in [6.45, 7) is 3.42. The smallest absolute Gasteiger partial charge is 0.222 e. The second-order valence-electron chi connectivity index (χ2n) is 8.02. The minimum absolute atomic E-state index is 0.0612. The van der Waals surface area contributed by atoms with E-state index < -0.39 is 0 Å². The molecule has 166 valence electrons. The summed E-state index contributed by atoms with van der Waals surface area (Å²) >= 11 is 0. The highest BCUT2D eigenvalue weighted by Crippen LogP contribution is 2.36. The van der Waals surface area contributed by atoms with Crippen LogP contribution in [0.1, 0.15) is 23.1 Å². The number of ether oxygens (including phenoxy) is 2. The highest BCUT2D eigenvalue weighted by atomic mass is 19.1. The predicted molar refractivity (Wildman–Crippen MR) is 123 cm³/mol. The first-order chi connectivity index (χ1) is 15.5. The van der Waals surface area contributed by atoms with Gasteiger partial charge >= 0.3 is 0 Å². The molecule has 0 saturated heterocycles. The lowest BCUT2D eigenvalue weighted by Gasteiger charge is -2.38. The zero-order chi connectivity index (χ0) is 22.5. The Hall–Kier alpha value is -3.54. The molecular weight excluding hydrogens is 407 g/mol. The van der Waals surface area contributed by atoms with Crippen molar-refractivity contribution in [1.29, 1.82) is 0 Å². The van der Waals surface area contributed by atoms with Crippen LogP contribution in [0.3, 0.4) is 0 Å². The third kappa shape index (κ3) is 5.19. The van der Waals surface area contributed by atoms with Crippen molar-refractivity contribution in [3.63, 3.8) is 0 Å². The van der Waals surface area contributed by atoms with E-state index in [0.717, 1.165) is 22.6 Å². The minimum Gasteiger partial charge on any atom is -0.497 e. The Morgan fingerprint density at radius 3 is 2.53 bits per heavy atom. The maximum absolute atomic E-state index is 13.7. The molecule has 3 aromatic rings. The topological polar surface area (TPSA) is 50.8 Å². The van der Waals surface area contributed by atoms with Crippen LogP contribution >= 0.6 is 0 Å². The molecule has 0 fully saturated rings. The Bertz CT molecular complexity index is 1070. The van der Waals surface area contributed by atoms with Crippen LogP contribution < -0.4 is 19.7 Å². The SMILES string of the molecule is COc1ccc(CNC(=O)C[C@H]2COc3cc(F)ccc3N2Cc2ccc(C)cc2)cc1. The average Bonchev–Trinajstić information content (AvgIpc) is 2.81. The summed E-state index contributed by atoms with van der Waals surface area (Å²) in [5.41, 5.74) is 4.10. The fourth-order valence-electron chi connectivity index (χ4n) is 3.82. The van der Waals surface area contributed by atoms with E-state index in [9.17, 15) is 9.18 Å². The third-order valence-electron chi connectivity index (χ3n) is 5.65. The van der Waals surface area contributed by atoms with Crippen LogP contribution in [0, 0.1) is 12.7 Å². The minimum atomic E-state index is -0.338. The molecular formula is C26H27FN2O3. The van der Waals surface area contributed by atoms with Gasteiger partial charge in [0.2, 0.25) is 5.91 Å². The number of nitrogens with one attached hydrogen (secondary N) is 1. The molecule has 0 spiro atoms. The second kappa shape index (κ2) is 9.73. The Morgan fingerprint density at radius 1 is 1.09 bits per heavy atom. The van der Waals surface area contributed by atoms with Crippen molar-refractivity contribution < 1.29 is 18.7 Å². The van der Waals surface area contributed by atoms with Crippen LogP contribution in [0.2, 0.25) is 0 Å². The highest BCUT2D eigenvalue weighted by molar-refractivity contribution is 5.77. The summed E-state index contributed by atoms with van der Waals surface area (Å²) in [4.78, 5) is 14.9. The van der Waals surface area contributed by atoms with E-state index in [2.05, 4.69) is 34.5 Å². The summed E-state index contributed by atoms with van der Waals surface area (Å²) in [6.07, 6.45) is 0.277. The van der Waals surface area contributed by atoms with E-state index in [1.165, 1.54) is 17.7 Å². The summed E-state index contributed by atoms with van der Waals surface area (Å²) in [6, 6.07) is 20.3. The van der Waals surface area contributed by atoms with E-state index in [0.29, 0.717) is 25.4 Å². The first-order valence-electron chi connectivity index (χ1n) is 10.7. The largest absolute Gasteiger partial charge is 0.497 e. The zero-order valence-electron chi connectivity index (χ0n) is 18.3. The van der Waals surface area contributed by atoms with Gasteiger partial charge in [-0.05, 0) is 42.3 Å². The molecule has 0 unspecified atom stereocenters. The van der Waals surface area contributed by atoms with Gasteiger partial charge in [-0.1, -0.05) is 42.0 Å². The summed E-state index contributed by atoms with van der Waals surface area (Å²) in [7, 11) is 1.62. The molecule has 5 nitrogen and oxygen atoms in total. The number of fused-ring (bicyclic) bond motifs is 1. The Balaban J connectivity index is 1.46. The molecule has 1 N–H and O–H groups in total. The summed E-state index contributed by atoms with van der Waals surface area (Å²) < 4.78 is 24.7. The number of carbonyl (C=O) groups excluding carboxylic acids is 1. The lowest BCUT2D eigenvalue weighted by atomic mass is 10.1. The van der Waals surface area contributed by atoms with Crippen molar-refractivity contribution in [3.05, 3.63) is 89.2 Å². The van der Waals surface area contributed by atoms with Gasteiger partial charge in [0.05, 0.1) is 25.3 Å². The van der Waals surface area contributed by atoms with Gasteiger partial charge in [0.15, 0.2) is 0 Å². The highest BCUT2D eigenvalue weighted by Gasteiger charge is 2.29. The molecule has 0 aliphatic carbocycles. The van der Waals surface area contributed by atoms with Gasteiger partial charge in [-0.15, -0.1) is 0 Å². The molecule has 6 heteroatoms. The quantitative estimate of drug-likeness (QED) is 0.590. The van der Waals surface area contributed by atoms with Crippen molar-refractivity contribution in [3.8, 4) is 11.5 Å². The van der Waals surface area contributed by atoms with Crippen LogP contribution in [-0.4, -0.2) is 25.7 Å². The van der Waals surface area contributed by atoms with Gasteiger partial charge in [-0.25, -0.2) is 4.39 Å². The lowest BCUT2D eigenvalue weighted by molar-refractivity contribution is -0.121. The molecule has 1 aliphatic rings. The third-order valence-corrected chi connectivity index (χ3v) is 5.65. The Labute approximate surface area is 187 Å².